The SMILES string of the molecule is CCCCN(Cc1ncc(-c2ccc3c(c2)cc2n3[C@H](c3cc(CC)no3)Oc3cc(-c4cnc([C@@H]5CCCN5C(=O)C(NC(=O)OC)C(C)C)[nH]4)cc(F)c3-2)[nH]1)C(=O)C(NC(=O)OC)C(C)C. The minimum atomic E-state index is -0.833. The van der Waals surface area contributed by atoms with Gasteiger partial charge < -0.3 is 49.1 Å². The largest absolute Gasteiger partial charge is 0.462 e. The van der Waals surface area contributed by atoms with Gasteiger partial charge in [-0.1, -0.05) is 59.2 Å². The quantitative estimate of drug-likeness (QED) is 0.0725. The van der Waals surface area contributed by atoms with E-state index in [4.69, 9.17) is 18.7 Å². The van der Waals surface area contributed by atoms with Gasteiger partial charge in [-0.3, -0.25) is 14.2 Å². The maximum Gasteiger partial charge on any atom is 0.407 e. The van der Waals surface area contributed by atoms with E-state index in [0.717, 1.165) is 47.1 Å². The molecule has 6 aromatic rings. The van der Waals surface area contributed by atoms with Crippen molar-refractivity contribution in [3.8, 4) is 39.5 Å². The first kappa shape index (κ1) is 47.3. The highest BCUT2D eigenvalue weighted by molar-refractivity contribution is 5.93. The van der Waals surface area contributed by atoms with Gasteiger partial charge in [-0.05, 0) is 67.9 Å². The maximum absolute atomic E-state index is 16.8. The molecule has 68 heavy (non-hydrogen) atoms. The molecule has 4 N–H and O–H groups in total. The number of aromatic nitrogens is 6. The van der Waals surface area contributed by atoms with Gasteiger partial charge in [0.2, 0.25) is 18.0 Å². The Morgan fingerprint density at radius 1 is 0.912 bits per heavy atom. The van der Waals surface area contributed by atoms with Crippen molar-refractivity contribution in [3.05, 3.63) is 83.8 Å². The van der Waals surface area contributed by atoms with Crippen LogP contribution in [-0.2, 0) is 32.0 Å². The number of aromatic amines is 2. The monoisotopic (exact) mass is 934 g/mol. The summed E-state index contributed by atoms with van der Waals surface area (Å²) in [5, 5.41) is 10.4. The molecule has 0 aliphatic carbocycles. The maximum atomic E-state index is 16.8. The number of amides is 4. The summed E-state index contributed by atoms with van der Waals surface area (Å²) in [6.45, 7) is 12.7. The van der Waals surface area contributed by atoms with Crippen LogP contribution in [0.1, 0.15) is 103 Å². The van der Waals surface area contributed by atoms with Gasteiger partial charge in [0, 0.05) is 35.7 Å². The number of methoxy groups -OCH3 is 2. The number of nitrogens with zero attached hydrogens (tertiary/aromatic N) is 6. The molecular weight excluding hydrogens is 876 g/mol. The van der Waals surface area contributed by atoms with Gasteiger partial charge in [0.05, 0.1) is 73.1 Å². The number of ether oxygens (including phenoxy) is 3. The minimum absolute atomic E-state index is 0.177. The summed E-state index contributed by atoms with van der Waals surface area (Å²) in [6.07, 6.45) is 4.85. The highest BCUT2D eigenvalue weighted by atomic mass is 19.1. The van der Waals surface area contributed by atoms with Gasteiger partial charge in [-0.15, -0.1) is 0 Å². The van der Waals surface area contributed by atoms with Crippen LogP contribution in [0.15, 0.2) is 59.4 Å². The number of benzene rings is 2. The van der Waals surface area contributed by atoms with Crippen molar-refractivity contribution >= 4 is 34.9 Å². The van der Waals surface area contributed by atoms with E-state index >= 15 is 4.39 Å². The van der Waals surface area contributed by atoms with Crippen molar-refractivity contribution in [2.75, 3.05) is 27.3 Å². The molecule has 2 aliphatic rings. The highest BCUT2D eigenvalue weighted by Gasteiger charge is 2.39. The van der Waals surface area contributed by atoms with Crippen molar-refractivity contribution in [1.82, 2.24) is 50.1 Å². The Morgan fingerprint density at radius 3 is 2.32 bits per heavy atom. The fourth-order valence-electron chi connectivity index (χ4n) is 9.03. The normalized spacial score (nSPS) is 16.3. The molecule has 1 saturated heterocycles. The fraction of sp³-hybridized carbons (Fsp3) is 0.449. The first-order valence-electron chi connectivity index (χ1n) is 23.2. The average molecular weight is 935 g/mol. The predicted octanol–water partition coefficient (Wildman–Crippen LogP) is 8.27. The number of alkyl carbamates (subject to hydrolysis) is 2. The molecule has 8 rings (SSSR count). The van der Waals surface area contributed by atoms with Crippen LogP contribution < -0.4 is 15.4 Å². The zero-order valence-electron chi connectivity index (χ0n) is 39.6. The molecular formula is C49H59FN10O8. The molecule has 2 aromatic carbocycles. The minimum Gasteiger partial charge on any atom is -0.462 e. The van der Waals surface area contributed by atoms with Crippen LogP contribution in [0.3, 0.4) is 0 Å². The summed E-state index contributed by atoms with van der Waals surface area (Å²) >= 11 is 0. The zero-order valence-corrected chi connectivity index (χ0v) is 39.6. The summed E-state index contributed by atoms with van der Waals surface area (Å²) in [5.74, 6) is 0.521. The average Bonchev–Trinajstić information content (AvgIpc) is 4.20. The topological polar surface area (TPSA) is 215 Å². The smallest absolute Gasteiger partial charge is 0.407 e. The Bertz CT molecular complexity index is 2810. The molecule has 4 atom stereocenters. The van der Waals surface area contributed by atoms with Gasteiger partial charge >= 0.3 is 12.2 Å². The van der Waals surface area contributed by atoms with Gasteiger partial charge in [0.1, 0.15) is 35.3 Å². The number of halogens is 1. The number of rotatable bonds is 16. The lowest BCUT2D eigenvalue weighted by atomic mass is 10.0. The van der Waals surface area contributed by atoms with Crippen LogP contribution in [0.25, 0.3) is 44.7 Å². The summed E-state index contributed by atoms with van der Waals surface area (Å²) in [4.78, 5) is 71.3. The van der Waals surface area contributed by atoms with Crippen LogP contribution in [-0.4, -0.2) is 103 Å². The molecule has 2 aliphatic heterocycles. The molecule has 6 heterocycles. The second kappa shape index (κ2) is 20.0. The lowest BCUT2D eigenvalue weighted by Gasteiger charge is -2.30. The number of fused-ring (bicyclic) bond motifs is 5. The van der Waals surface area contributed by atoms with Crippen molar-refractivity contribution in [1.29, 1.82) is 0 Å². The van der Waals surface area contributed by atoms with E-state index < -0.39 is 36.3 Å². The lowest BCUT2D eigenvalue weighted by Crippen LogP contribution is -2.51. The van der Waals surface area contributed by atoms with Crippen LogP contribution >= 0.6 is 0 Å². The van der Waals surface area contributed by atoms with Crippen molar-refractivity contribution < 1.29 is 42.3 Å². The lowest BCUT2D eigenvalue weighted by molar-refractivity contribution is -0.136. The van der Waals surface area contributed by atoms with Gasteiger partial charge in [-0.2, -0.15) is 0 Å². The third kappa shape index (κ3) is 9.38. The molecule has 360 valence electrons. The van der Waals surface area contributed by atoms with E-state index in [9.17, 15) is 19.2 Å². The Balaban J connectivity index is 1.10. The molecule has 0 radical (unpaired) electrons. The molecule has 0 bridgehead atoms. The standard InChI is InChI=1S/C49H59FN10O8/c1-9-11-16-58(45(61)42(26(3)4)55-48(63)65-7)25-40-51-23-33(53-40)28-14-15-35-30(18-28)20-37-41-32(50)19-29(21-38(41)67-47(60(35)37)39-22-31(10-2)57-68-39)34-24-52-44(54-34)36-13-12-17-59(36)46(62)43(27(5)6)56-49(64)66-8/h14-15,18-24,26-27,36,42-43,47H,9-13,16-17,25H2,1-8H3,(H,51,53)(H,52,54)(H,55,63)(H,56,64)/t36-,42?,43?,47-/m0/s1. The van der Waals surface area contributed by atoms with Crippen LogP contribution in [0.2, 0.25) is 0 Å². The number of H-pyrrole nitrogens is 2. The summed E-state index contributed by atoms with van der Waals surface area (Å²) < 4.78 is 40.9. The number of aryl methyl sites for hydroxylation is 1. The number of hydrogen-bond acceptors (Lipinski definition) is 11. The first-order valence-corrected chi connectivity index (χ1v) is 23.2. The molecule has 19 heteroatoms. The van der Waals surface area contributed by atoms with E-state index in [1.54, 1.807) is 28.3 Å². The van der Waals surface area contributed by atoms with Gasteiger partial charge in [0.15, 0.2) is 5.76 Å². The van der Waals surface area contributed by atoms with Gasteiger partial charge in [0.25, 0.3) is 0 Å². The third-order valence-electron chi connectivity index (χ3n) is 12.7. The number of carbonyl (C=O) groups excluding carboxylic acids is 4. The molecule has 4 amide bonds. The van der Waals surface area contributed by atoms with Crippen molar-refractivity contribution in [2.24, 2.45) is 11.8 Å². The third-order valence-corrected chi connectivity index (χ3v) is 12.7. The Kier molecular flexibility index (Phi) is 13.9. The van der Waals surface area contributed by atoms with E-state index in [1.165, 1.54) is 20.3 Å². The van der Waals surface area contributed by atoms with Crippen LogP contribution in [0.5, 0.6) is 5.75 Å². The van der Waals surface area contributed by atoms with Gasteiger partial charge in [-0.25, -0.2) is 23.9 Å². The summed E-state index contributed by atoms with van der Waals surface area (Å²) in [7, 11) is 2.53. The number of carbonyl (C=O) groups is 4. The van der Waals surface area contributed by atoms with Crippen molar-refractivity contribution in [3.63, 3.8) is 0 Å². The number of hydrogen-bond donors (Lipinski definition) is 4. The second-order valence-electron chi connectivity index (χ2n) is 18.0. The molecule has 1 fully saturated rings. The number of imidazole rings is 2. The Morgan fingerprint density at radius 2 is 1.63 bits per heavy atom. The highest BCUT2D eigenvalue weighted by Crippen LogP contribution is 2.47. The first-order chi connectivity index (χ1) is 32.7. The van der Waals surface area contributed by atoms with E-state index in [-0.39, 0.29) is 41.8 Å². The Labute approximate surface area is 393 Å². The zero-order chi connectivity index (χ0) is 48.4. The molecule has 2 unspecified atom stereocenters. The fourth-order valence-corrected chi connectivity index (χ4v) is 9.03. The number of likely N-dealkylation sites (tertiary alicyclic amines) is 1. The molecule has 18 nitrogen and oxygen atoms in total. The van der Waals surface area contributed by atoms with E-state index in [2.05, 4.69) is 42.6 Å². The number of nitrogens with one attached hydrogen (secondary N) is 4. The molecule has 4 aromatic heterocycles. The van der Waals surface area contributed by atoms with E-state index in [0.29, 0.717) is 66.0 Å². The van der Waals surface area contributed by atoms with Crippen LogP contribution in [0, 0.1) is 17.7 Å². The predicted molar refractivity (Wildman–Crippen MR) is 249 cm³/mol. The second-order valence-corrected chi connectivity index (χ2v) is 18.0. The number of unbranched alkanes of at least 4 members (excludes halogenated alkanes) is 1. The summed E-state index contributed by atoms with van der Waals surface area (Å²) in [6, 6.07) is 10.9. The van der Waals surface area contributed by atoms with E-state index in [1.807, 2.05) is 69.5 Å². The Hall–Kier alpha value is -7.18. The van der Waals surface area contributed by atoms with Crippen LogP contribution in [0.4, 0.5) is 14.0 Å². The summed E-state index contributed by atoms with van der Waals surface area (Å²) in [5.41, 5.74) is 4.91. The van der Waals surface area contributed by atoms with Crippen molar-refractivity contribution in [2.45, 2.75) is 105 Å². The molecule has 0 saturated carbocycles. The molecule has 0 spiro atoms.